The number of nitrogens with zero attached hydrogens (tertiary/aromatic N) is 1. The number of ether oxygens (including phenoxy) is 1. The molecule has 0 heterocycles. The second-order valence-electron chi connectivity index (χ2n) is 6.08. The molecule has 19 heavy (non-hydrogen) atoms. The number of hydrogen-bond acceptors (Lipinski definition) is 4. The fourth-order valence-electron chi connectivity index (χ4n) is 1.86. The van der Waals surface area contributed by atoms with E-state index in [0.29, 0.717) is 13.0 Å². The van der Waals surface area contributed by atoms with E-state index in [9.17, 15) is 4.79 Å². The molecule has 0 aromatic carbocycles. The lowest BCUT2D eigenvalue weighted by Gasteiger charge is -2.23. The molecule has 0 fully saturated rings. The molecular weight excluding hydrogens is 240 g/mol. The fourth-order valence-corrected chi connectivity index (χ4v) is 1.86. The highest BCUT2D eigenvalue weighted by Gasteiger charge is 2.28. The predicted octanol–water partition coefficient (Wildman–Crippen LogP) is 2.42. The second-order valence-corrected chi connectivity index (χ2v) is 6.08. The summed E-state index contributed by atoms with van der Waals surface area (Å²) < 4.78 is 4.98. The van der Waals surface area contributed by atoms with Crippen molar-refractivity contribution in [3.05, 3.63) is 0 Å². The maximum atomic E-state index is 11.6. The monoisotopic (exact) mass is 272 g/mol. The normalized spacial score (nSPS) is 14.7. The molecule has 0 aliphatic rings. The number of nitrogens with two attached hydrogens (primary N) is 1. The number of hydrogen-bond donors (Lipinski definition) is 1. The summed E-state index contributed by atoms with van der Waals surface area (Å²) in [5, 5.41) is 0. The van der Waals surface area contributed by atoms with Gasteiger partial charge in [-0.1, -0.05) is 13.8 Å². The summed E-state index contributed by atoms with van der Waals surface area (Å²) in [6, 6.07) is 0. The van der Waals surface area contributed by atoms with Crippen molar-refractivity contribution in [1.82, 2.24) is 4.90 Å². The summed E-state index contributed by atoms with van der Waals surface area (Å²) in [7, 11) is 2.15. The number of unbranched alkanes of at least 4 members (excludes halogenated alkanes) is 1. The molecule has 2 N–H and O–H groups in total. The van der Waals surface area contributed by atoms with E-state index in [0.717, 1.165) is 31.8 Å². The standard InChI is InChI=1S/C15H32N2O2/c1-6-19-14(18)15(4,16)10-7-8-11-17(5)12-9-13(2)3/h13H,6-12,16H2,1-5H3. The molecule has 4 nitrogen and oxygen atoms in total. The topological polar surface area (TPSA) is 55.6 Å². The van der Waals surface area contributed by atoms with Crippen LogP contribution in [-0.4, -0.2) is 43.2 Å². The predicted molar refractivity (Wildman–Crippen MR) is 80.0 cm³/mol. The highest BCUT2D eigenvalue weighted by molar-refractivity contribution is 5.79. The Morgan fingerprint density at radius 1 is 1.32 bits per heavy atom. The molecule has 0 amide bonds. The molecule has 0 aromatic rings. The van der Waals surface area contributed by atoms with Gasteiger partial charge in [0.15, 0.2) is 0 Å². The SMILES string of the molecule is CCOC(=O)C(C)(N)CCCCN(C)CCC(C)C. The van der Waals surface area contributed by atoms with Crippen LogP contribution in [0, 0.1) is 5.92 Å². The van der Waals surface area contributed by atoms with E-state index in [-0.39, 0.29) is 5.97 Å². The van der Waals surface area contributed by atoms with Crippen LogP contribution in [0.2, 0.25) is 0 Å². The van der Waals surface area contributed by atoms with Crippen LogP contribution in [0.1, 0.15) is 53.4 Å². The first-order valence-corrected chi connectivity index (χ1v) is 7.44. The summed E-state index contributed by atoms with van der Waals surface area (Å²) in [4.78, 5) is 14.0. The molecule has 0 aliphatic heterocycles. The summed E-state index contributed by atoms with van der Waals surface area (Å²) >= 11 is 0. The number of carbonyl (C=O) groups is 1. The highest BCUT2D eigenvalue weighted by atomic mass is 16.5. The Hall–Kier alpha value is -0.610. The Labute approximate surface area is 118 Å². The van der Waals surface area contributed by atoms with E-state index in [1.807, 2.05) is 0 Å². The molecule has 0 aliphatic carbocycles. The summed E-state index contributed by atoms with van der Waals surface area (Å²) in [6.45, 7) is 10.6. The minimum atomic E-state index is -0.841. The maximum Gasteiger partial charge on any atom is 0.325 e. The van der Waals surface area contributed by atoms with Crippen LogP contribution in [0.3, 0.4) is 0 Å². The minimum Gasteiger partial charge on any atom is -0.465 e. The van der Waals surface area contributed by atoms with Gasteiger partial charge in [-0.25, -0.2) is 0 Å². The number of rotatable bonds is 10. The van der Waals surface area contributed by atoms with Crippen LogP contribution in [0.15, 0.2) is 0 Å². The average molecular weight is 272 g/mol. The van der Waals surface area contributed by atoms with Gasteiger partial charge in [-0.2, -0.15) is 0 Å². The molecule has 4 heteroatoms. The zero-order chi connectivity index (χ0) is 14.9. The van der Waals surface area contributed by atoms with Crippen molar-refractivity contribution < 1.29 is 9.53 Å². The van der Waals surface area contributed by atoms with Gasteiger partial charge < -0.3 is 15.4 Å². The Balaban J connectivity index is 3.75. The first kappa shape index (κ1) is 18.4. The third-order valence-corrected chi connectivity index (χ3v) is 3.32. The molecule has 0 aromatic heterocycles. The lowest BCUT2D eigenvalue weighted by Crippen LogP contribution is -2.46. The lowest BCUT2D eigenvalue weighted by molar-refractivity contribution is -0.149. The van der Waals surface area contributed by atoms with Crippen LogP contribution in [-0.2, 0) is 9.53 Å². The highest BCUT2D eigenvalue weighted by Crippen LogP contribution is 2.13. The maximum absolute atomic E-state index is 11.6. The van der Waals surface area contributed by atoms with Crippen molar-refractivity contribution in [2.24, 2.45) is 11.7 Å². The Morgan fingerprint density at radius 3 is 2.47 bits per heavy atom. The molecule has 0 rings (SSSR count). The van der Waals surface area contributed by atoms with Crippen molar-refractivity contribution in [2.45, 2.75) is 58.9 Å². The minimum absolute atomic E-state index is 0.289. The van der Waals surface area contributed by atoms with E-state index in [1.165, 1.54) is 6.42 Å². The van der Waals surface area contributed by atoms with Crippen LogP contribution in [0.4, 0.5) is 0 Å². The molecule has 0 saturated heterocycles. The lowest BCUT2D eigenvalue weighted by atomic mass is 9.96. The third kappa shape index (κ3) is 9.00. The van der Waals surface area contributed by atoms with E-state index in [1.54, 1.807) is 13.8 Å². The molecule has 0 bridgehead atoms. The van der Waals surface area contributed by atoms with E-state index >= 15 is 0 Å². The van der Waals surface area contributed by atoms with Gasteiger partial charge in [0.25, 0.3) is 0 Å². The zero-order valence-electron chi connectivity index (χ0n) is 13.4. The van der Waals surface area contributed by atoms with Gasteiger partial charge in [-0.05, 0) is 65.6 Å². The van der Waals surface area contributed by atoms with Gasteiger partial charge in [0.2, 0.25) is 0 Å². The van der Waals surface area contributed by atoms with Gasteiger partial charge in [0, 0.05) is 0 Å². The van der Waals surface area contributed by atoms with Gasteiger partial charge in [-0.3, -0.25) is 4.79 Å². The molecule has 0 radical (unpaired) electrons. The first-order valence-electron chi connectivity index (χ1n) is 7.44. The smallest absolute Gasteiger partial charge is 0.325 e. The molecular formula is C15H32N2O2. The third-order valence-electron chi connectivity index (χ3n) is 3.32. The number of esters is 1. The zero-order valence-corrected chi connectivity index (χ0v) is 13.4. The van der Waals surface area contributed by atoms with E-state index in [2.05, 4.69) is 25.8 Å². The molecule has 1 unspecified atom stereocenters. The fraction of sp³-hybridized carbons (Fsp3) is 0.933. The van der Waals surface area contributed by atoms with Crippen molar-refractivity contribution in [3.8, 4) is 0 Å². The van der Waals surface area contributed by atoms with Crippen molar-refractivity contribution in [1.29, 1.82) is 0 Å². The molecule has 114 valence electrons. The number of carbonyl (C=O) groups excluding carboxylic acids is 1. The molecule has 1 atom stereocenters. The molecule has 0 spiro atoms. The van der Waals surface area contributed by atoms with E-state index < -0.39 is 5.54 Å². The van der Waals surface area contributed by atoms with Crippen LogP contribution < -0.4 is 5.73 Å². The second kappa shape index (κ2) is 9.32. The summed E-state index contributed by atoms with van der Waals surface area (Å²) in [6.07, 6.45) is 3.94. The van der Waals surface area contributed by atoms with Crippen LogP contribution in [0.25, 0.3) is 0 Å². The van der Waals surface area contributed by atoms with E-state index in [4.69, 9.17) is 10.5 Å². The average Bonchev–Trinajstić information content (AvgIpc) is 2.32. The van der Waals surface area contributed by atoms with Gasteiger partial charge in [-0.15, -0.1) is 0 Å². The van der Waals surface area contributed by atoms with Crippen molar-refractivity contribution in [3.63, 3.8) is 0 Å². The molecule has 0 saturated carbocycles. The Morgan fingerprint density at radius 2 is 1.95 bits per heavy atom. The van der Waals surface area contributed by atoms with Gasteiger partial charge in [0.05, 0.1) is 6.61 Å². The summed E-state index contributed by atoms with van der Waals surface area (Å²) in [5.41, 5.74) is 5.13. The first-order chi connectivity index (χ1) is 8.79. The largest absolute Gasteiger partial charge is 0.465 e. The van der Waals surface area contributed by atoms with Crippen molar-refractivity contribution >= 4 is 5.97 Å². The van der Waals surface area contributed by atoms with Crippen molar-refractivity contribution in [2.75, 3.05) is 26.7 Å². The summed E-state index contributed by atoms with van der Waals surface area (Å²) in [5.74, 6) is 0.460. The Bertz CT molecular complexity index is 253. The van der Waals surface area contributed by atoms with Gasteiger partial charge >= 0.3 is 5.97 Å². The van der Waals surface area contributed by atoms with Crippen LogP contribution in [0.5, 0.6) is 0 Å². The van der Waals surface area contributed by atoms with Gasteiger partial charge in [0.1, 0.15) is 5.54 Å². The van der Waals surface area contributed by atoms with Crippen LogP contribution >= 0.6 is 0 Å². The quantitative estimate of drug-likeness (QED) is 0.490. The Kier molecular flexibility index (Phi) is 9.02.